The molecule has 2 aromatic carbocycles. The van der Waals surface area contributed by atoms with Gasteiger partial charge in [0.05, 0.1) is 26.5 Å². The minimum absolute atomic E-state index is 0.327. The smallest absolute Gasteiger partial charge is 0.271 e. The molecule has 1 fully saturated rings. The van der Waals surface area contributed by atoms with Crippen LogP contribution in [0, 0.1) is 0 Å². The first-order chi connectivity index (χ1) is 14.7. The Morgan fingerprint density at radius 3 is 2.37 bits per heavy atom. The van der Waals surface area contributed by atoms with Gasteiger partial charge >= 0.3 is 0 Å². The number of nitrogens with zero attached hydrogens (tertiary/aromatic N) is 1. The number of ether oxygens (including phenoxy) is 3. The van der Waals surface area contributed by atoms with Crippen molar-refractivity contribution in [2.45, 2.75) is 32.6 Å². The van der Waals surface area contributed by atoms with Crippen LogP contribution in [0.3, 0.4) is 0 Å². The van der Waals surface area contributed by atoms with Gasteiger partial charge in [0.1, 0.15) is 0 Å². The van der Waals surface area contributed by atoms with Crippen molar-refractivity contribution in [2.24, 2.45) is 5.10 Å². The molecule has 1 aliphatic carbocycles. The molecular weight excluding hydrogens is 380 g/mol. The van der Waals surface area contributed by atoms with Crippen molar-refractivity contribution in [3.63, 3.8) is 0 Å². The lowest BCUT2D eigenvalue weighted by atomic mass is 9.91. The standard InChI is InChI=1S/C24H28N2O4/c1-4-30-23-21(28-2)15-19(16-22(23)29-3)24(27)26-25-20-13-9-8-12-18(20)14-17-10-6-5-7-11-17/h5-7,10-11,14-16H,4,8-9,12-13H2,1-3H3,(H,26,27)/b18-14+,25-20+. The van der Waals surface area contributed by atoms with Gasteiger partial charge in [-0.25, -0.2) is 5.43 Å². The van der Waals surface area contributed by atoms with Gasteiger partial charge in [-0.05, 0) is 62.0 Å². The van der Waals surface area contributed by atoms with Crippen LogP contribution in [0.15, 0.2) is 53.1 Å². The summed E-state index contributed by atoms with van der Waals surface area (Å²) in [6.07, 6.45) is 6.13. The number of benzene rings is 2. The van der Waals surface area contributed by atoms with Gasteiger partial charge in [-0.15, -0.1) is 0 Å². The molecule has 0 aromatic heterocycles. The van der Waals surface area contributed by atoms with E-state index in [-0.39, 0.29) is 5.91 Å². The fourth-order valence-electron chi connectivity index (χ4n) is 3.43. The first-order valence-corrected chi connectivity index (χ1v) is 10.2. The van der Waals surface area contributed by atoms with E-state index in [1.54, 1.807) is 12.1 Å². The Kier molecular flexibility index (Phi) is 7.49. The maximum absolute atomic E-state index is 12.8. The Morgan fingerprint density at radius 1 is 1.07 bits per heavy atom. The topological polar surface area (TPSA) is 69.2 Å². The van der Waals surface area contributed by atoms with Gasteiger partial charge < -0.3 is 14.2 Å². The van der Waals surface area contributed by atoms with E-state index in [1.807, 2.05) is 25.1 Å². The summed E-state index contributed by atoms with van der Waals surface area (Å²) in [4.78, 5) is 12.8. The highest BCUT2D eigenvalue weighted by atomic mass is 16.5. The van der Waals surface area contributed by atoms with Crippen molar-refractivity contribution in [1.29, 1.82) is 0 Å². The summed E-state index contributed by atoms with van der Waals surface area (Å²) in [5, 5.41) is 4.44. The van der Waals surface area contributed by atoms with Crippen molar-refractivity contribution in [2.75, 3.05) is 20.8 Å². The lowest BCUT2D eigenvalue weighted by Gasteiger charge is -2.17. The SMILES string of the molecule is CCOc1c(OC)cc(C(=O)N/N=C2\CCCC\C2=C/c2ccccc2)cc1OC. The third kappa shape index (κ3) is 5.20. The maximum atomic E-state index is 12.8. The van der Waals surface area contributed by atoms with E-state index in [4.69, 9.17) is 14.2 Å². The number of hydrazone groups is 1. The zero-order valence-electron chi connectivity index (χ0n) is 17.7. The summed E-state index contributed by atoms with van der Waals surface area (Å²) < 4.78 is 16.4. The minimum atomic E-state index is -0.327. The third-order valence-corrected chi connectivity index (χ3v) is 4.92. The quantitative estimate of drug-likeness (QED) is 0.665. The summed E-state index contributed by atoms with van der Waals surface area (Å²) in [5.41, 5.74) is 6.30. The Balaban J connectivity index is 1.82. The second-order valence-electron chi connectivity index (χ2n) is 6.93. The molecule has 30 heavy (non-hydrogen) atoms. The predicted molar refractivity (Wildman–Crippen MR) is 119 cm³/mol. The lowest BCUT2D eigenvalue weighted by molar-refractivity contribution is 0.0954. The van der Waals surface area contributed by atoms with E-state index in [1.165, 1.54) is 14.2 Å². The molecule has 1 saturated carbocycles. The molecule has 1 aliphatic rings. The van der Waals surface area contributed by atoms with Crippen molar-refractivity contribution in [1.82, 2.24) is 5.43 Å². The second kappa shape index (κ2) is 10.5. The van der Waals surface area contributed by atoms with E-state index in [0.717, 1.165) is 42.5 Å². The average Bonchev–Trinajstić information content (AvgIpc) is 2.79. The Labute approximate surface area is 177 Å². The summed E-state index contributed by atoms with van der Waals surface area (Å²) in [5.74, 6) is 1.03. The monoisotopic (exact) mass is 408 g/mol. The van der Waals surface area contributed by atoms with E-state index >= 15 is 0 Å². The fourth-order valence-corrected chi connectivity index (χ4v) is 3.43. The van der Waals surface area contributed by atoms with Crippen LogP contribution in [-0.2, 0) is 0 Å². The molecule has 3 rings (SSSR count). The molecule has 0 spiro atoms. The fraction of sp³-hybridized carbons (Fsp3) is 0.333. The van der Waals surface area contributed by atoms with Crippen LogP contribution in [0.1, 0.15) is 48.5 Å². The molecule has 0 heterocycles. The first kappa shape index (κ1) is 21.4. The van der Waals surface area contributed by atoms with Gasteiger partial charge in [-0.3, -0.25) is 4.79 Å². The molecule has 0 atom stereocenters. The Morgan fingerprint density at radius 2 is 1.73 bits per heavy atom. The number of methoxy groups -OCH3 is 2. The molecule has 0 bridgehead atoms. The van der Waals surface area contributed by atoms with Crippen LogP contribution >= 0.6 is 0 Å². The number of carbonyl (C=O) groups is 1. The number of rotatable bonds is 7. The molecule has 0 unspecified atom stereocenters. The molecule has 158 valence electrons. The van der Waals surface area contributed by atoms with Crippen molar-refractivity contribution < 1.29 is 19.0 Å². The van der Waals surface area contributed by atoms with Crippen LogP contribution in [0.25, 0.3) is 6.08 Å². The highest BCUT2D eigenvalue weighted by molar-refractivity contribution is 6.05. The van der Waals surface area contributed by atoms with Gasteiger partial charge in [0.25, 0.3) is 5.91 Å². The molecule has 0 saturated heterocycles. The number of hydrogen-bond acceptors (Lipinski definition) is 5. The highest BCUT2D eigenvalue weighted by Gasteiger charge is 2.18. The second-order valence-corrected chi connectivity index (χ2v) is 6.93. The molecule has 0 radical (unpaired) electrons. The van der Waals surface area contributed by atoms with Crippen LogP contribution in [0.5, 0.6) is 17.2 Å². The molecule has 1 N–H and O–H groups in total. The number of nitrogens with one attached hydrogen (secondary N) is 1. The number of allylic oxidation sites excluding steroid dienone is 1. The van der Waals surface area contributed by atoms with Crippen LogP contribution in [0.2, 0.25) is 0 Å². The van der Waals surface area contributed by atoms with Gasteiger partial charge in [-0.2, -0.15) is 5.10 Å². The molecule has 6 nitrogen and oxygen atoms in total. The molecule has 1 amide bonds. The highest BCUT2D eigenvalue weighted by Crippen LogP contribution is 2.38. The maximum Gasteiger partial charge on any atom is 0.271 e. The lowest BCUT2D eigenvalue weighted by Crippen LogP contribution is -2.22. The van der Waals surface area contributed by atoms with Crippen LogP contribution in [-0.4, -0.2) is 32.4 Å². The summed E-state index contributed by atoms with van der Waals surface area (Å²) in [6, 6.07) is 13.4. The van der Waals surface area contributed by atoms with Gasteiger partial charge in [-0.1, -0.05) is 30.3 Å². The summed E-state index contributed by atoms with van der Waals surface area (Å²) >= 11 is 0. The van der Waals surface area contributed by atoms with Crippen molar-refractivity contribution in [3.8, 4) is 17.2 Å². The normalized spacial score (nSPS) is 16.4. The first-order valence-electron chi connectivity index (χ1n) is 10.2. The minimum Gasteiger partial charge on any atom is -0.493 e. The summed E-state index contributed by atoms with van der Waals surface area (Å²) in [7, 11) is 3.06. The van der Waals surface area contributed by atoms with Crippen molar-refractivity contribution in [3.05, 3.63) is 59.2 Å². The third-order valence-electron chi connectivity index (χ3n) is 4.92. The van der Waals surface area contributed by atoms with E-state index < -0.39 is 0 Å². The average molecular weight is 408 g/mol. The summed E-state index contributed by atoms with van der Waals surface area (Å²) in [6.45, 7) is 2.34. The predicted octanol–water partition coefficient (Wildman–Crippen LogP) is 4.85. The molecule has 0 aliphatic heterocycles. The van der Waals surface area contributed by atoms with Crippen LogP contribution in [0.4, 0.5) is 0 Å². The van der Waals surface area contributed by atoms with E-state index in [9.17, 15) is 4.79 Å². The van der Waals surface area contributed by atoms with Gasteiger partial charge in [0.2, 0.25) is 5.75 Å². The van der Waals surface area contributed by atoms with E-state index in [2.05, 4.69) is 28.7 Å². The zero-order chi connectivity index (χ0) is 21.3. The largest absolute Gasteiger partial charge is 0.493 e. The number of amides is 1. The molecule has 2 aromatic rings. The van der Waals surface area contributed by atoms with Crippen molar-refractivity contribution >= 4 is 17.7 Å². The Hall–Kier alpha value is -3.28. The number of hydrogen-bond donors (Lipinski definition) is 1. The number of carbonyl (C=O) groups excluding carboxylic acids is 1. The van der Waals surface area contributed by atoms with E-state index in [0.29, 0.717) is 29.4 Å². The molecular formula is C24H28N2O4. The Bertz CT molecular complexity index is 910. The van der Waals surface area contributed by atoms with Gasteiger partial charge in [0.15, 0.2) is 11.5 Å². The zero-order valence-corrected chi connectivity index (χ0v) is 17.7. The molecule has 6 heteroatoms. The van der Waals surface area contributed by atoms with Gasteiger partial charge in [0, 0.05) is 5.56 Å². The van der Waals surface area contributed by atoms with Crippen LogP contribution < -0.4 is 19.6 Å².